The Labute approximate surface area is 154 Å². The fraction of sp³-hybridized carbons (Fsp3) is 1.00. The van der Waals surface area contributed by atoms with E-state index in [4.69, 9.17) is 0 Å². The molecule has 0 bridgehead atoms. The average molecular weight is 244 g/mol. The summed E-state index contributed by atoms with van der Waals surface area (Å²) < 4.78 is 0. The van der Waals surface area contributed by atoms with E-state index in [0.29, 0.717) is 12.3 Å². The zero-order chi connectivity index (χ0) is 8.91. The molecule has 0 aliphatic rings. The van der Waals surface area contributed by atoms with E-state index >= 15 is 0 Å². The Kier molecular flexibility index (Phi) is 26.1. The van der Waals surface area contributed by atoms with Gasteiger partial charge in [-0.3, -0.25) is 8.80 Å². The van der Waals surface area contributed by atoms with Crippen molar-refractivity contribution in [3.8, 4) is 0 Å². The standard InChI is InChI=1S/C7H15O3Si.3Na/c1-3-7(2)5-4-6-11(8,9)10;;;/h7H,3-6H2,1-2H3;;;/q-3;3*+1. The molecule has 0 aromatic rings. The van der Waals surface area contributed by atoms with Crippen molar-refractivity contribution >= 4 is 8.80 Å². The van der Waals surface area contributed by atoms with Crippen molar-refractivity contribution in [2.45, 2.75) is 39.2 Å². The summed E-state index contributed by atoms with van der Waals surface area (Å²) >= 11 is 0. The van der Waals surface area contributed by atoms with Gasteiger partial charge in [0.2, 0.25) is 0 Å². The molecule has 14 heavy (non-hydrogen) atoms. The third-order valence-corrected chi connectivity index (χ3v) is 2.84. The zero-order valence-corrected chi connectivity index (χ0v) is 17.1. The van der Waals surface area contributed by atoms with Gasteiger partial charge in [0, 0.05) is 0 Å². The minimum Gasteiger partial charge on any atom is -0.881 e. The van der Waals surface area contributed by atoms with E-state index < -0.39 is 8.80 Å². The summed E-state index contributed by atoms with van der Waals surface area (Å²) in [5.41, 5.74) is 0. The van der Waals surface area contributed by atoms with Crippen LogP contribution in [0.15, 0.2) is 0 Å². The number of hydrogen-bond donors (Lipinski definition) is 0. The Morgan fingerprint density at radius 3 is 1.79 bits per heavy atom. The van der Waals surface area contributed by atoms with Crippen molar-refractivity contribution < 1.29 is 103 Å². The molecule has 0 saturated carbocycles. The van der Waals surface area contributed by atoms with E-state index in [1.165, 1.54) is 0 Å². The Balaban J connectivity index is -0.000000167. The maximum Gasteiger partial charge on any atom is 1.00 e. The van der Waals surface area contributed by atoms with Gasteiger partial charge >= 0.3 is 88.7 Å². The summed E-state index contributed by atoms with van der Waals surface area (Å²) in [6.45, 7) is 4.12. The third-order valence-electron chi connectivity index (χ3n) is 1.88. The van der Waals surface area contributed by atoms with E-state index in [1.54, 1.807) is 0 Å². The van der Waals surface area contributed by atoms with Crippen molar-refractivity contribution in [3.05, 3.63) is 0 Å². The summed E-state index contributed by atoms with van der Waals surface area (Å²) in [6, 6.07) is -0.155. The predicted octanol–water partition coefficient (Wildman–Crippen LogP) is -10.2. The second kappa shape index (κ2) is 14.2. The van der Waals surface area contributed by atoms with Crippen LogP contribution in [0.3, 0.4) is 0 Å². The quantitative estimate of drug-likeness (QED) is 0.451. The van der Waals surface area contributed by atoms with Crippen LogP contribution in [0.25, 0.3) is 0 Å². The summed E-state index contributed by atoms with van der Waals surface area (Å²) in [5.74, 6) is 0.534. The minimum atomic E-state index is -4.49. The molecule has 0 amide bonds. The molecule has 0 heterocycles. The Bertz CT molecular complexity index is 111. The van der Waals surface area contributed by atoms with Gasteiger partial charge < -0.3 is 14.4 Å². The third kappa shape index (κ3) is 20.5. The van der Waals surface area contributed by atoms with Crippen LogP contribution in [0.5, 0.6) is 0 Å². The van der Waals surface area contributed by atoms with Gasteiger partial charge in [-0.15, -0.1) is 6.04 Å². The average Bonchev–Trinajstić information content (AvgIpc) is 1.85. The first-order chi connectivity index (χ1) is 4.95. The predicted molar refractivity (Wildman–Crippen MR) is 39.3 cm³/mol. The van der Waals surface area contributed by atoms with E-state index in [-0.39, 0.29) is 94.7 Å². The van der Waals surface area contributed by atoms with Crippen LogP contribution >= 0.6 is 0 Å². The topological polar surface area (TPSA) is 69.2 Å². The fourth-order valence-electron chi connectivity index (χ4n) is 0.871. The smallest absolute Gasteiger partial charge is 0.881 e. The maximum atomic E-state index is 10.2. The normalized spacial score (nSPS) is 11.8. The van der Waals surface area contributed by atoms with Crippen molar-refractivity contribution in [1.29, 1.82) is 0 Å². The molecule has 0 radical (unpaired) electrons. The maximum absolute atomic E-state index is 10.2. The molecule has 0 fully saturated rings. The molecule has 1 unspecified atom stereocenters. The Morgan fingerprint density at radius 2 is 1.50 bits per heavy atom. The van der Waals surface area contributed by atoms with E-state index in [0.717, 1.165) is 12.8 Å². The van der Waals surface area contributed by atoms with Crippen molar-refractivity contribution in [1.82, 2.24) is 0 Å². The molecule has 0 saturated heterocycles. The fourth-order valence-corrected chi connectivity index (χ4v) is 1.51. The van der Waals surface area contributed by atoms with Crippen molar-refractivity contribution in [3.63, 3.8) is 0 Å². The summed E-state index contributed by atoms with van der Waals surface area (Å²) in [6.07, 6.45) is 2.42. The molecule has 7 heteroatoms. The zero-order valence-electron chi connectivity index (χ0n) is 10.1. The van der Waals surface area contributed by atoms with Gasteiger partial charge in [-0.2, -0.15) is 0 Å². The van der Waals surface area contributed by atoms with Crippen LogP contribution in [0.1, 0.15) is 33.1 Å². The van der Waals surface area contributed by atoms with Gasteiger partial charge in [0.05, 0.1) is 0 Å². The summed E-state index contributed by atoms with van der Waals surface area (Å²) in [7, 11) is -4.49. The molecule has 3 nitrogen and oxygen atoms in total. The second-order valence-electron chi connectivity index (χ2n) is 3.09. The summed E-state index contributed by atoms with van der Waals surface area (Å²) in [4.78, 5) is 30.6. The first-order valence-corrected chi connectivity index (χ1v) is 6.00. The summed E-state index contributed by atoms with van der Waals surface area (Å²) in [5, 5.41) is 0. The van der Waals surface area contributed by atoms with Crippen LogP contribution in [0.2, 0.25) is 6.04 Å². The largest absolute Gasteiger partial charge is 1.00 e. The van der Waals surface area contributed by atoms with E-state index in [2.05, 4.69) is 13.8 Å². The molecular weight excluding hydrogens is 229 g/mol. The van der Waals surface area contributed by atoms with Gasteiger partial charge in [0.25, 0.3) is 0 Å². The van der Waals surface area contributed by atoms with Crippen LogP contribution < -0.4 is 103 Å². The van der Waals surface area contributed by atoms with Crippen molar-refractivity contribution in [2.75, 3.05) is 0 Å². The van der Waals surface area contributed by atoms with Gasteiger partial charge in [0.15, 0.2) is 0 Å². The molecular formula is C7H15Na3O3Si. The Morgan fingerprint density at radius 1 is 1.07 bits per heavy atom. The Hall–Kier alpha value is 3.10. The SMILES string of the molecule is CCC(C)CCC[Si]([O-])([O-])[O-].[Na+].[Na+].[Na+]. The number of hydrogen-bond acceptors (Lipinski definition) is 3. The molecule has 68 valence electrons. The first kappa shape index (κ1) is 25.8. The molecule has 0 rings (SSSR count). The van der Waals surface area contributed by atoms with Crippen LogP contribution in [0.4, 0.5) is 0 Å². The number of rotatable bonds is 5. The van der Waals surface area contributed by atoms with Gasteiger partial charge in [0.1, 0.15) is 0 Å². The first-order valence-electron chi connectivity index (χ1n) is 4.07. The van der Waals surface area contributed by atoms with E-state index in [1.807, 2.05) is 0 Å². The van der Waals surface area contributed by atoms with Crippen LogP contribution in [0, 0.1) is 5.92 Å². The van der Waals surface area contributed by atoms with Gasteiger partial charge in [-0.05, 0) is 5.92 Å². The molecule has 0 aromatic carbocycles. The molecule has 0 aliphatic heterocycles. The van der Waals surface area contributed by atoms with Crippen LogP contribution in [-0.2, 0) is 0 Å². The molecule has 0 aromatic heterocycles. The monoisotopic (exact) mass is 244 g/mol. The second-order valence-corrected chi connectivity index (χ2v) is 4.95. The molecule has 0 N–H and O–H groups in total. The minimum absolute atomic E-state index is 0. The van der Waals surface area contributed by atoms with Gasteiger partial charge in [-0.1, -0.05) is 33.1 Å². The van der Waals surface area contributed by atoms with Gasteiger partial charge in [-0.25, -0.2) is 0 Å². The van der Waals surface area contributed by atoms with Crippen LogP contribution in [-0.4, -0.2) is 8.80 Å². The molecule has 1 atom stereocenters. The molecule has 0 aliphatic carbocycles. The molecule has 0 spiro atoms. The van der Waals surface area contributed by atoms with Crippen molar-refractivity contribution in [2.24, 2.45) is 5.92 Å². The van der Waals surface area contributed by atoms with E-state index in [9.17, 15) is 14.4 Å².